The molecule has 0 fully saturated rings. The van der Waals surface area contributed by atoms with Crippen LogP contribution in [0.2, 0.25) is 5.02 Å². The van der Waals surface area contributed by atoms with Crippen LogP contribution in [0.4, 0.5) is 28.8 Å². The highest BCUT2D eigenvalue weighted by molar-refractivity contribution is 6.33. The second kappa shape index (κ2) is 7.18. The van der Waals surface area contributed by atoms with E-state index in [1.54, 1.807) is 30.6 Å². The Morgan fingerprint density at radius 3 is 2.56 bits per heavy atom. The van der Waals surface area contributed by atoms with Crippen LogP contribution in [0.25, 0.3) is 0 Å². The van der Waals surface area contributed by atoms with Crippen LogP contribution in [-0.4, -0.2) is 26.1 Å². The topological polar surface area (TPSA) is 108 Å². The predicted octanol–water partition coefficient (Wildman–Crippen LogP) is 3.61. The number of aromatic amines is 1. The minimum Gasteiger partial charge on any atom is -0.339 e. The van der Waals surface area contributed by atoms with Crippen LogP contribution in [0.1, 0.15) is 12.6 Å². The number of H-pyrrole nitrogens is 1. The molecule has 0 aliphatic carbocycles. The molecule has 0 saturated carbocycles. The van der Waals surface area contributed by atoms with Crippen LogP contribution in [0.15, 0.2) is 36.7 Å². The van der Waals surface area contributed by atoms with Crippen molar-refractivity contribution in [1.82, 2.24) is 20.2 Å². The number of hydrogen-bond acceptors (Lipinski definition) is 6. The molecule has 0 radical (unpaired) electrons. The van der Waals surface area contributed by atoms with Gasteiger partial charge in [0.2, 0.25) is 5.91 Å². The lowest BCUT2D eigenvalue weighted by Gasteiger charge is -2.10. The van der Waals surface area contributed by atoms with E-state index in [-0.39, 0.29) is 5.91 Å². The minimum absolute atomic E-state index is 0.195. The van der Waals surface area contributed by atoms with E-state index >= 15 is 0 Å². The van der Waals surface area contributed by atoms with Crippen molar-refractivity contribution >= 4 is 46.3 Å². The average Bonchev–Trinajstić information content (AvgIpc) is 2.95. The molecule has 0 unspecified atom stereocenters. The first-order valence-corrected chi connectivity index (χ1v) is 7.82. The molecule has 0 spiro atoms. The van der Waals surface area contributed by atoms with Gasteiger partial charge in [-0.3, -0.25) is 14.9 Å². The standard InChI is InChI=1S/C16H16ClN7O/c1-9-5-14(24-23-9)21-16-8-18-7-15(22-16)20-11-3-4-12(17)13(6-11)19-10(2)25/h3-8H,1-2H3,(H,19,25)(H3,20,21,22,23,24). The summed E-state index contributed by atoms with van der Waals surface area (Å²) in [5, 5.41) is 16.3. The molecule has 4 N–H and O–H groups in total. The maximum Gasteiger partial charge on any atom is 0.221 e. The highest BCUT2D eigenvalue weighted by Crippen LogP contribution is 2.27. The van der Waals surface area contributed by atoms with Gasteiger partial charge in [-0.05, 0) is 25.1 Å². The lowest BCUT2D eigenvalue weighted by atomic mass is 10.2. The van der Waals surface area contributed by atoms with Gasteiger partial charge in [-0.2, -0.15) is 5.10 Å². The zero-order valence-corrected chi connectivity index (χ0v) is 14.3. The van der Waals surface area contributed by atoms with Gasteiger partial charge in [0.15, 0.2) is 17.5 Å². The monoisotopic (exact) mass is 357 g/mol. The first-order chi connectivity index (χ1) is 12.0. The summed E-state index contributed by atoms with van der Waals surface area (Å²) in [6, 6.07) is 7.06. The van der Waals surface area contributed by atoms with Gasteiger partial charge in [-0.25, -0.2) is 4.98 Å². The van der Waals surface area contributed by atoms with Crippen LogP contribution < -0.4 is 16.0 Å². The Labute approximate surface area is 149 Å². The number of benzene rings is 1. The number of nitrogens with one attached hydrogen (secondary N) is 4. The molecule has 0 saturated heterocycles. The summed E-state index contributed by atoms with van der Waals surface area (Å²) in [4.78, 5) is 19.8. The number of aromatic nitrogens is 4. The smallest absolute Gasteiger partial charge is 0.221 e. The fourth-order valence-corrected chi connectivity index (χ4v) is 2.30. The molecular formula is C16H16ClN7O. The van der Waals surface area contributed by atoms with Crippen LogP contribution in [-0.2, 0) is 4.79 Å². The first-order valence-electron chi connectivity index (χ1n) is 7.45. The number of anilines is 5. The van der Waals surface area contributed by atoms with Gasteiger partial charge in [0.1, 0.15) is 0 Å². The van der Waals surface area contributed by atoms with Gasteiger partial charge in [0, 0.05) is 24.4 Å². The zero-order chi connectivity index (χ0) is 17.8. The summed E-state index contributed by atoms with van der Waals surface area (Å²) in [5.41, 5.74) is 2.18. The number of carbonyl (C=O) groups excluding carboxylic acids is 1. The quantitative estimate of drug-likeness (QED) is 0.555. The van der Waals surface area contributed by atoms with Gasteiger partial charge in [0.05, 0.1) is 23.1 Å². The second-order valence-corrected chi connectivity index (χ2v) is 5.76. The van der Waals surface area contributed by atoms with Crippen molar-refractivity contribution in [3.8, 4) is 0 Å². The Balaban J connectivity index is 1.76. The predicted molar refractivity (Wildman–Crippen MR) is 97.7 cm³/mol. The summed E-state index contributed by atoms with van der Waals surface area (Å²) in [5.74, 6) is 1.55. The van der Waals surface area contributed by atoms with Gasteiger partial charge in [-0.15, -0.1) is 0 Å². The Morgan fingerprint density at radius 1 is 1.12 bits per heavy atom. The van der Waals surface area contributed by atoms with Gasteiger partial charge in [-0.1, -0.05) is 11.6 Å². The third-order valence-electron chi connectivity index (χ3n) is 3.15. The SMILES string of the molecule is CC(=O)Nc1cc(Nc2cncc(Nc3cc(C)[nH]n3)n2)ccc1Cl. The van der Waals surface area contributed by atoms with Crippen molar-refractivity contribution < 1.29 is 4.79 Å². The third kappa shape index (κ3) is 4.45. The molecule has 1 amide bonds. The van der Waals surface area contributed by atoms with E-state index in [0.29, 0.717) is 28.2 Å². The normalized spacial score (nSPS) is 10.4. The molecule has 3 aromatic rings. The average molecular weight is 358 g/mol. The van der Waals surface area contributed by atoms with Crippen LogP contribution in [0.3, 0.4) is 0 Å². The van der Waals surface area contributed by atoms with Crippen molar-refractivity contribution in [2.75, 3.05) is 16.0 Å². The number of nitrogens with zero attached hydrogens (tertiary/aromatic N) is 3. The van der Waals surface area contributed by atoms with Gasteiger partial charge < -0.3 is 16.0 Å². The number of amides is 1. The van der Waals surface area contributed by atoms with Crippen molar-refractivity contribution in [2.45, 2.75) is 13.8 Å². The summed E-state index contributed by atoms with van der Waals surface area (Å²) < 4.78 is 0. The lowest BCUT2D eigenvalue weighted by Crippen LogP contribution is -2.06. The van der Waals surface area contributed by atoms with Crippen LogP contribution >= 0.6 is 11.6 Å². The molecule has 9 heteroatoms. The Bertz CT molecular complexity index is 909. The summed E-state index contributed by atoms with van der Waals surface area (Å²) in [6.07, 6.45) is 3.19. The van der Waals surface area contributed by atoms with Crippen LogP contribution in [0.5, 0.6) is 0 Å². The molecule has 3 rings (SSSR count). The third-order valence-corrected chi connectivity index (χ3v) is 3.48. The fraction of sp³-hybridized carbons (Fsp3) is 0.125. The van der Waals surface area contributed by atoms with E-state index < -0.39 is 0 Å². The van der Waals surface area contributed by atoms with Crippen molar-refractivity contribution in [2.24, 2.45) is 0 Å². The maximum atomic E-state index is 11.2. The molecule has 1 aromatic carbocycles. The number of carbonyl (C=O) groups is 1. The molecule has 2 heterocycles. The molecule has 25 heavy (non-hydrogen) atoms. The number of halogens is 1. The summed E-state index contributed by atoms with van der Waals surface area (Å²) in [7, 11) is 0. The molecule has 2 aromatic heterocycles. The second-order valence-electron chi connectivity index (χ2n) is 5.35. The molecule has 0 bridgehead atoms. The van der Waals surface area contributed by atoms with Crippen LogP contribution in [0, 0.1) is 6.92 Å². The van der Waals surface area contributed by atoms with E-state index in [1.165, 1.54) is 6.92 Å². The Morgan fingerprint density at radius 2 is 1.88 bits per heavy atom. The maximum absolute atomic E-state index is 11.2. The van der Waals surface area contributed by atoms with Crippen molar-refractivity contribution in [1.29, 1.82) is 0 Å². The Hall–Kier alpha value is -3.13. The minimum atomic E-state index is -0.195. The zero-order valence-electron chi connectivity index (χ0n) is 13.6. The van der Waals surface area contributed by atoms with E-state index in [9.17, 15) is 4.79 Å². The van der Waals surface area contributed by atoms with E-state index in [1.807, 2.05) is 13.0 Å². The van der Waals surface area contributed by atoms with Crippen molar-refractivity contribution in [3.05, 3.63) is 47.4 Å². The Kier molecular flexibility index (Phi) is 4.80. The first kappa shape index (κ1) is 16.7. The van der Waals surface area contributed by atoms with Crippen molar-refractivity contribution in [3.63, 3.8) is 0 Å². The lowest BCUT2D eigenvalue weighted by molar-refractivity contribution is -0.114. The van der Waals surface area contributed by atoms with E-state index in [4.69, 9.17) is 11.6 Å². The molecular weight excluding hydrogens is 342 g/mol. The number of rotatable bonds is 5. The number of aryl methyl sites for hydroxylation is 1. The van der Waals surface area contributed by atoms with Gasteiger partial charge >= 0.3 is 0 Å². The molecule has 0 aliphatic rings. The molecule has 128 valence electrons. The largest absolute Gasteiger partial charge is 0.339 e. The fourth-order valence-electron chi connectivity index (χ4n) is 2.14. The highest BCUT2D eigenvalue weighted by Gasteiger charge is 2.06. The van der Waals surface area contributed by atoms with E-state index in [2.05, 4.69) is 36.1 Å². The molecule has 0 aliphatic heterocycles. The van der Waals surface area contributed by atoms with E-state index in [0.717, 1.165) is 11.4 Å². The highest BCUT2D eigenvalue weighted by atomic mass is 35.5. The summed E-state index contributed by atoms with van der Waals surface area (Å²) in [6.45, 7) is 3.34. The molecule has 0 atom stereocenters. The van der Waals surface area contributed by atoms with Gasteiger partial charge in [0.25, 0.3) is 0 Å². The summed E-state index contributed by atoms with van der Waals surface area (Å²) >= 11 is 6.07. The molecule has 8 nitrogen and oxygen atoms in total. The number of hydrogen-bond donors (Lipinski definition) is 4.